The van der Waals surface area contributed by atoms with Gasteiger partial charge in [-0.2, -0.15) is 39.5 Å². The minimum absolute atomic E-state index is 0.296. The van der Waals surface area contributed by atoms with E-state index in [1.165, 1.54) is 5.69 Å². The summed E-state index contributed by atoms with van der Waals surface area (Å²) in [6.45, 7) is 7.92. The smallest absolute Gasteiger partial charge is 0.475 e. The van der Waals surface area contributed by atoms with Gasteiger partial charge in [-0.1, -0.05) is 11.3 Å². The van der Waals surface area contributed by atoms with Crippen LogP contribution in [0.15, 0.2) is 24.4 Å². The highest BCUT2D eigenvalue weighted by Gasteiger charge is 2.39. The van der Waals surface area contributed by atoms with E-state index in [1.807, 2.05) is 23.0 Å². The maximum absolute atomic E-state index is 10.6. The van der Waals surface area contributed by atoms with Crippen molar-refractivity contribution in [2.75, 3.05) is 40.4 Å². The second kappa shape index (κ2) is 18.8. The van der Waals surface area contributed by atoms with Crippen LogP contribution in [0.5, 0.6) is 0 Å². The van der Waals surface area contributed by atoms with E-state index in [0.717, 1.165) is 50.7 Å². The van der Waals surface area contributed by atoms with Crippen LogP contribution in [-0.4, -0.2) is 122 Å². The van der Waals surface area contributed by atoms with Gasteiger partial charge in [-0.15, -0.1) is 5.10 Å². The predicted molar refractivity (Wildman–Crippen MR) is 137 cm³/mol. The standard InChI is InChI=1S/C18H28N6O.3C2HF3O2/c1-4-24-18-15(14-25-10-9-22(2)3)11-23(13-17(18)20-21-24)12-16-7-5-6-8-19-16;3*3-2(4,5)1(6)7/h5-8,15H,4,9-14H2,1-3H3;3*(H,6,7). The summed E-state index contributed by atoms with van der Waals surface area (Å²) < 4.78 is 103. The van der Waals surface area contributed by atoms with Crippen molar-refractivity contribution in [3.8, 4) is 0 Å². The van der Waals surface area contributed by atoms with E-state index in [1.54, 1.807) is 0 Å². The third-order valence-corrected chi connectivity index (χ3v) is 5.23. The number of hydrogen-bond acceptors (Lipinski definition) is 9. The largest absolute Gasteiger partial charge is 0.490 e. The van der Waals surface area contributed by atoms with Gasteiger partial charge in [-0.25, -0.2) is 19.1 Å². The molecule has 1 aliphatic heterocycles. The second-order valence-corrected chi connectivity index (χ2v) is 9.21. The molecule has 46 heavy (non-hydrogen) atoms. The molecular weight excluding hydrogens is 655 g/mol. The SMILES string of the molecule is CCn1nnc2c1C(COCCN(C)C)CN(Cc1ccccn1)C2.O=C(O)C(F)(F)F.O=C(O)C(F)(F)F.O=C(O)C(F)(F)F. The van der Waals surface area contributed by atoms with Crippen molar-refractivity contribution in [3.05, 3.63) is 41.5 Å². The van der Waals surface area contributed by atoms with Gasteiger partial charge in [-0.05, 0) is 33.2 Å². The summed E-state index contributed by atoms with van der Waals surface area (Å²) in [4.78, 5) is 35.7. The minimum Gasteiger partial charge on any atom is -0.475 e. The van der Waals surface area contributed by atoms with Gasteiger partial charge < -0.3 is 25.0 Å². The average Bonchev–Trinajstić information content (AvgIpc) is 3.34. The Balaban J connectivity index is 0.000000786. The zero-order valence-corrected chi connectivity index (χ0v) is 24.4. The van der Waals surface area contributed by atoms with Crippen LogP contribution in [0, 0.1) is 0 Å². The van der Waals surface area contributed by atoms with Crippen molar-refractivity contribution in [3.63, 3.8) is 0 Å². The number of halogens is 9. The third kappa shape index (κ3) is 16.9. The van der Waals surface area contributed by atoms with Gasteiger partial charge in [0.15, 0.2) is 0 Å². The summed E-state index contributed by atoms with van der Waals surface area (Å²) in [5.74, 6) is -7.97. The predicted octanol–water partition coefficient (Wildman–Crippen LogP) is 3.27. The van der Waals surface area contributed by atoms with Crippen molar-refractivity contribution < 1.29 is 74.0 Å². The van der Waals surface area contributed by atoms with E-state index >= 15 is 0 Å². The molecule has 3 N–H and O–H groups in total. The third-order valence-electron chi connectivity index (χ3n) is 5.23. The number of nitrogens with zero attached hydrogens (tertiary/aromatic N) is 6. The normalized spacial score (nSPS) is 14.8. The van der Waals surface area contributed by atoms with E-state index in [2.05, 4.69) is 52.2 Å². The maximum atomic E-state index is 10.6. The van der Waals surface area contributed by atoms with Gasteiger partial charge in [0.1, 0.15) is 5.69 Å². The first kappa shape index (κ1) is 42.0. The number of carbonyl (C=O) groups is 3. The van der Waals surface area contributed by atoms with Gasteiger partial charge in [0.2, 0.25) is 0 Å². The van der Waals surface area contributed by atoms with E-state index in [0.29, 0.717) is 12.5 Å². The quantitative estimate of drug-likeness (QED) is 0.274. The number of carboxylic acids is 3. The Kier molecular flexibility index (Phi) is 17.2. The molecule has 0 saturated carbocycles. The Morgan fingerprint density at radius 2 is 1.43 bits per heavy atom. The number of aryl methyl sites for hydroxylation is 1. The van der Waals surface area contributed by atoms with Crippen LogP contribution in [0.2, 0.25) is 0 Å². The molecule has 0 fully saturated rings. The lowest BCUT2D eigenvalue weighted by Gasteiger charge is -2.32. The fourth-order valence-corrected chi connectivity index (χ4v) is 3.27. The summed E-state index contributed by atoms with van der Waals surface area (Å²) in [6, 6.07) is 6.06. The van der Waals surface area contributed by atoms with Crippen LogP contribution >= 0.6 is 0 Å². The van der Waals surface area contributed by atoms with Crippen LogP contribution in [0.25, 0.3) is 0 Å². The summed E-state index contributed by atoms with van der Waals surface area (Å²) in [5, 5.41) is 30.1. The van der Waals surface area contributed by atoms with Crippen molar-refractivity contribution in [1.82, 2.24) is 29.8 Å². The number of ether oxygens (including phenoxy) is 1. The number of fused-ring (bicyclic) bond motifs is 1. The molecule has 1 atom stereocenters. The van der Waals surface area contributed by atoms with Crippen LogP contribution in [0.1, 0.15) is 29.9 Å². The Morgan fingerprint density at radius 1 is 0.935 bits per heavy atom. The summed E-state index contributed by atoms with van der Waals surface area (Å²) in [6.07, 6.45) is -13.4. The molecule has 0 spiro atoms. The van der Waals surface area contributed by atoms with E-state index < -0.39 is 36.4 Å². The lowest BCUT2D eigenvalue weighted by atomic mass is 9.98. The number of rotatable bonds is 8. The number of alkyl halides is 9. The minimum atomic E-state index is -5.08. The molecule has 22 heteroatoms. The molecule has 1 aliphatic rings. The topological polar surface area (TPSA) is 171 Å². The molecule has 0 aliphatic carbocycles. The molecule has 2 aromatic heterocycles. The second-order valence-electron chi connectivity index (χ2n) is 9.21. The molecule has 13 nitrogen and oxygen atoms in total. The first-order valence-electron chi connectivity index (χ1n) is 12.7. The van der Waals surface area contributed by atoms with Crippen LogP contribution < -0.4 is 0 Å². The average molecular weight is 687 g/mol. The van der Waals surface area contributed by atoms with E-state index in [4.69, 9.17) is 34.4 Å². The Hall–Kier alpha value is -4.05. The zero-order valence-electron chi connectivity index (χ0n) is 24.4. The molecular formula is C24H31F9N6O7. The molecule has 0 aromatic carbocycles. The van der Waals surface area contributed by atoms with E-state index in [9.17, 15) is 39.5 Å². The Bertz CT molecular complexity index is 1170. The summed E-state index contributed by atoms with van der Waals surface area (Å²) in [7, 11) is 4.12. The number of likely N-dealkylation sites (N-methyl/N-ethyl adjacent to an activating group) is 1. The fraction of sp³-hybridized carbons (Fsp3) is 0.583. The van der Waals surface area contributed by atoms with Crippen LogP contribution in [-0.2, 0) is 38.8 Å². The first-order valence-corrected chi connectivity index (χ1v) is 12.7. The molecule has 262 valence electrons. The first-order chi connectivity index (χ1) is 21.0. The van der Waals surface area contributed by atoms with Crippen LogP contribution in [0.4, 0.5) is 39.5 Å². The highest BCUT2D eigenvalue weighted by Crippen LogP contribution is 2.28. The monoisotopic (exact) mass is 686 g/mol. The van der Waals surface area contributed by atoms with E-state index in [-0.39, 0.29) is 0 Å². The maximum Gasteiger partial charge on any atom is 0.490 e. The number of aliphatic carboxylic acids is 3. The van der Waals surface area contributed by atoms with Crippen molar-refractivity contribution in [2.24, 2.45) is 0 Å². The van der Waals surface area contributed by atoms with Gasteiger partial charge in [0, 0.05) is 44.8 Å². The van der Waals surface area contributed by atoms with Gasteiger partial charge in [0.25, 0.3) is 0 Å². The zero-order chi connectivity index (χ0) is 35.9. The number of pyridine rings is 1. The van der Waals surface area contributed by atoms with Crippen molar-refractivity contribution >= 4 is 17.9 Å². The Morgan fingerprint density at radius 3 is 1.83 bits per heavy atom. The van der Waals surface area contributed by atoms with Crippen molar-refractivity contribution in [1.29, 1.82) is 0 Å². The molecule has 3 rings (SSSR count). The van der Waals surface area contributed by atoms with Gasteiger partial charge in [-0.3, -0.25) is 9.88 Å². The van der Waals surface area contributed by atoms with Crippen molar-refractivity contribution in [2.45, 2.75) is 51.0 Å². The highest BCUT2D eigenvalue weighted by atomic mass is 19.4. The van der Waals surface area contributed by atoms with Gasteiger partial charge >= 0.3 is 36.4 Å². The number of hydrogen-bond donors (Lipinski definition) is 3. The number of carboxylic acid groups (broad SMARTS) is 3. The summed E-state index contributed by atoms with van der Waals surface area (Å²) >= 11 is 0. The molecule has 2 aromatic rings. The highest BCUT2D eigenvalue weighted by molar-refractivity contribution is 5.73. The molecule has 0 radical (unpaired) electrons. The lowest BCUT2D eigenvalue weighted by molar-refractivity contribution is -0.193. The fourth-order valence-electron chi connectivity index (χ4n) is 3.27. The molecule has 1 unspecified atom stereocenters. The summed E-state index contributed by atoms with van der Waals surface area (Å²) in [5.41, 5.74) is 3.40. The number of aromatic nitrogens is 4. The molecule has 3 heterocycles. The molecule has 0 saturated heterocycles. The molecule has 0 bridgehead atoms. The van der Waals surface area contributed by atoms with Gasteiger partial charge in [0.05, 0.1) is 24.6 Å². The van der Waals surface area contributed by atoms with Crippen LogP contribution in [0.3, 0.4) is 0 Å². The lowest BCUT2D eigenvalue weighted by Crippen LogP contribution is -2.36. The molecule has 0 amide bonds. The Labute approximate surface area is 255 Å².